The average Bonchev–Trinajstić information content (AvgIpc) is 3.51. The number of nitriles is 1. The summed E-state index contributed by atoms with van der Waals surface area (Å²) in [6.45, 7) is 1.27. The van der Waals surface area contributed by atoms with E-state index in [0.29, 0.717) is 23.0 Å². The molecule has 0 radical (unpaired) electrons. The first-order valence-corrected chi connectivity index (χ1v) is 14.1. The van der Waals surface area contributed by atoms with Crippen LogP contribution in [0.15, 0.2) is 89.1 Å². The van der Waals surface area contributed by atoms with Gasteiger partial charge in [-0.1, -0.05) is 41.9 Å². The van der Waals surface area contributed by atoms with E-state index in [1.54, 1.807) is 11.9 Å². The van der Waals surface area contributed by atoms with Crippen molar-refractivity contribution in [2.24, 2.45) is 5.92 Å². The van der Waals surface area contributed by atoms with E-state index in [1.807, 2.05) is 53.9 Å². The summed E-state index contributed by atoms with van der Waals surface area (Å²) in [7, 11) is 1.43. The third-order valence-electron chi connectivity index (χ3n) is 6.78. The third kappa shape index (κ3) is 4.35. The number of carbonyl (C=O) groups excluding carboxylic acids is 1. The van der Waals surface area contributed by atoms with Gasteiger partial charge in [-0.2, -0.15) is 5.26 Å². The number of nitrogens with zero attached hydrogens (tertiary/aromatic N) is 3. The highest BCUT2D eigenvalue weighted by molar-refractivity contribution is 7.98. The van der Waals surface area contributed by atoms with Crippen molar-refractivity contribution >= 4 is 57.4 Å². The van der Waals surface area contributed by atoms with E-state index < -0.39 is 0 Å². The highest BCUT2D eigenvalue weighted by Gasteiger charge is 2.34. The lowest BCUT2D eigenvalue weighted by Gasteiger charge is -2.39. The number of ether oxygens (including phenoxy) is 1. The second kappa shape index (κ2) is 10.2. The first kappa shape index (κ1) is 24.6. The van der Waals surface area contributed by atoms with Gasteiger partial charge in [0, 0.05) is 50.8 Å². The molecule has 0 bridgehead atoms. The van der Waals surface area contributed by atoms with Crippen molar-refractivity contribution in [1.29, 1.82) is 5.26 Å². The van der Waals surface area contributed by atoms with Crippen molar-refractivity contribution in [2.45, 2.75) is 4.90 Å². The van der Waals surface area contributed by atoms with Crippen LogP contribution in [-0.4, -0.2) is 30.1 Å². The summed E-state index contributed by atoms with van der Waals surface area (Å²) in [5, 5.41) is 13.7. The number of aromatic nitrogens is 1. The van der Waals surface area contributed by atoms with Gasteiger partial charge in [-0.15, -0.1) is 11.3 Å². The Balaban J connectivity index is 1.54. The molecular weight excluding hydrogens is 534 g/mol. The van der Waals surface area contributed by atoms with Gasteiger partial charge in [0.25, 0.3) is 0 Å². The van der Waals surface area contributed by atoms with Gasteiger partial charge in [-0.25, -0.2) is 0 Å². The van der Waals surface area contributed by atoms with Crippen LogP contribution >= 0.6 is 34.9 Å². The number of hydrogen-bond acceptors (Lipinski definition) is 6. The van der Waals surface area contributed by atoms with Gasteiger partial charge in [-0.05, 0) is 65.9 Å². The summed E-state index contributed by atoms with van der Waals surface area (Å²) in [5.74, 6) is -0.268. The Kier molecular flexibility index (Phi) is 6.62. The molecule has 0 aliphatic carbocycles. The van der Waals surface area contributed by atoms with Crippen LogP contribution in [0.4, 0.5) is 5.69 Å². The van der Waals surface area contributed by atoms with Crippen molar-refractivity contribution in [2.75, 3.05) is 25.1 Å². The normalized spacial score (nSPS) is 13.3. The lowest BCUT2D eigenvalue weighted by atomic mass is 9.96. The molecule has 5 nitrogen and oxygen atoms in total. The predicted octanol–water partition coefficient (Wildman–Crippen LogP) is 7.73. The minimum Gasteiger partial charge on any atom is -0.469 e. The van der Waals surface area contributed by atoms with Crippen LogP contribution in [0.5, 0.6) is 0 Å². The van der Waals surface area contributed by atoms with E-state index >= 15 is 0 Å². The van der Waals surface area contributed by atoms with Crippen molar-refractivity contribution in [1.82, 2.24) is 3.97 Å². The first-order chi connectivity index (χ1) is 18.6. The van der Waals surface area contributed by atoms with Crippen molar-refractivity contribution in [3.05, 3.63) is 94.1 Å². The molecule has 8 heteroatoms. The number of halogens is 1. The van der Waals surface area contributed by atoms with E-state index in [0.717, 1.165) is 43.9 Å². The lowest BCUT2D eigenvalue weighted by Crippen LogP contribution is -2.50. The summed E-state index contributed by atoms with van der Waals surface area (Å²) in [6, 6.07) is 28.9. The smallest absolute Gasteiger partial charge is 0.312 e. The Hall–Kier alpha value is -3.70. The van der Waals surface area contributed by atoms with Crippen LogP contribution in [0.2, 0.25) is 5.02 Å². The molecule has 0 unspecified atom stereocenters. The van der Waals surface area contributed by atoms with Gasteiger partial charge >= 0.3 is 5.97 Å². The lowest BCUT2D eigenvalue weighted by molar-refractivity contribution is -0.146. The van der Waals surface area contributed by atoms with Crippen LogP contribution in [0, 0.1) is 17.2 Å². The number of benzene rings is 3. The number of esters is 1. The Morgan fingerprint density at radius 2 is 1.87 bits per heavy atom. The van der Waals surface area contributed by atoms with Crippen LogP contribution in [0.3, 0.4) is 0 Å². The largest absolute Gasteiger partial charge is 0.469 e. The number of fused-ring (bicyclic) bond motifs is 1. The Labute approximate surface area is 234 Å². The molecule has 0 spiro atoms. The molecule has 0 N–H and O–H groups in total. The summed E-state index contributed by atoms with van der Waals surface area (Å²) >= 11 is 9.25. The molecule has 1 aliphatic heterocycles. The van der Waals surface area contributed by atoms with Crippen LogP contribution in [0.25, 0.3) is 33.3 Å². The molecule has 6 rings (SSSR count). The van der Waals surface area contributed by atoms with Gasteiger partial charge in [0.2, 0.25) is 0 Å². The molecule has 0 saturated carbocycles. The fourth-order valence-corrected chi connectivity index (χ4v) is 6.72. The number of hydrogen-bond donors (Lipinski definition) is 0. The van der Waals surface area contributed by atoms with Gasteiger partial charge in [0.15, 0.2) is 0 Å². The molecule has 0 amide bonds. The van der Waals surface area contributed by atoms with Crippen LogP contribution in [0.1, 0.15) is 4.88 Å². The van der Waals surface area contributed by atoms with E-state index in [2.05, 4.69) is 45.3 Å². The predicted molar refractivity (Wildman–Crippen MR) is 156 cm³/mol. The highest BCUT2D eigenvalue weighted by atomic mass is 35.5. The zero-order valence-corrected chi connectivity index (χ0v) is 22.8. The maximum atomic E-state index is 11.9. The van der Waals surface area contributed by atoms with Crippen LogP contribution < -0.4 is 4.90 Å². The molecule has 1 fully saturated rings. The average molecular weight is 556 g/mol. The van der Waals surface area contributed by atoms with Gasteiger partial charge in [0.05, 0.1) is 24.2 Å². The van der Waals surface area contributed by atoms with E-state index in [1.165, 1.54) is 18.4 Å². The fraction of sp³-hybridized carbons (Fsp3) is 0.133. The van der Waals surface area contributed by atoms with Gasteiger partial charge in [-0.3, -0.25) is 8.77 Å². The molecule has 2 aromatic heterocycles. The maximum Gasteiger partial charge on any atom is 0.312 e. The SMILES string of the molecule is COC(=O)C1CN(c2cccc(-c3c(-c4ccsc4C#N)c4ccccc4n3Sc3ccc(Cl)cc3)c2)C1. The second-order valence-corrected chi connectivity index (χ2v) is 11.4. The van der Waals surface area contributed by atoms with Gasteiger partial charge < -0.3 is 9.64 Å². The van der Waals surface area contributed by atoms with E-state index in [-0.39, 0.29) is 11.9 Å². The number of thiophene rings is 1. The summed E-state index contributed by atoms with van der Waals surface area (Å²) in [6.07, 6.45) is 0. The van der Waals surface area contributed by atoms with E-state index in [4.69, 9.17) is 16.3 Å². The Morgan fingerprint density at radius 1 is 1.08 bits per heavy atom. The van der Waals surface area contributed by atoms with E-state index in [9.17, 15) is 10.1 Å². The number of para-hydroxylation sites is 1. The number of rotatable bonds is 6. The molecule has 38 heavy (non-hydrogen) atoms. The summed E-state index contributed by atoms with van der Waals surface area (Å²) in [4.78, 5) is 15.9. The minimum atomic E-state index is -0.166. The second-order valence-electron chi connectivity index (χ2n) is 9.03. The summed E-state index contributed by atoms with van der Waals surface area (Å²) < 4.78 is 7.17. The fourth-order valence-electron chi connectivity index (χ4n) is 4.89. The molecule has 1 saturated heterocycles. The van der Waals surface area contributed by atoms with Crippen molar-refractivity contribution in [3.8, 4) is 28.5 Å². The minimum absolute atomic E-state index is 0.102. The Bertz CT molecular complexity index is 1700. The standard InChI is InChI=1S/C30H22ClN3O2S2/c1-36-30(35)20-17-33(18-20)22-6-4-5-19(15-22)29-28(25-13-14-37-27(25)16-32)24-7-2-3-8-26(24)34(29)38-23-11-9-21(31)10-12-23/h2-15,20H,17-18H2,1H3. The zero-order chi connectivity index (χ0) is 26.2. The molecule has 188 valence electrons. The number of anilines is 1. The first-order valence-electron chi connectivity index (χ1n) is 12.1. The molecule has 3 heterocycles. The molecule has 1 aliphatic rings. The monoisotopic (exact) mass is 555 g/mol. The van der Waals surface area contributed by atoms with Crippen molar-refractivity contribution < 1.29 is 9.53 Å². The zero-order valence-electron chi connectivity index (χ0n) is 20.4. The van der Waals surface area contributed by atoms with Crippen molar-refractivity contribution in [3.63, 3.8) is 0 Å². The Morgan fingerprint density at radius 3 is 2.63 bits per heavy atom. The molecular formula is C30H22ClN3O2S2. The molecule has 3 aromatic carbocycles. The molecule has 5 aromatic rings. The maximum absolute atomic E-state index is 11.9. The quantitative estimate of drug-likeness (QED) is 0.201. The summed E-state index contributed by atoms with van der Waals surface area (Å²) in [5.41, 5.74) is 6.13. The topological polar surface area (TPSA) is 58.3 Å². The number of carbonyl (C=O) groups is 1. The number of methoxy groups -OCH3 is 1. The molecule has 0 atom stereocenters. The third-order valence-corrected chi connectivity index (χ3v) is 8.90. The highest BCUT2D eigenvalue weighted by Crippen LogP contribution is 2.47. The van der Waals surface area contributed by atoms with Gasteiger partial charge in [0.1, 0.15) is 10.9 Å². The van der Waals surface area contributed by atoms with Crippen LogP contribution in [-0.2, 0) is 9.53 Å².